The highest BCUT2D eigenvalue weighted by molar-refractivity contribution is 6.60. The van der Waals surface area contributed by atoms with E-state index in [1.807, 2.05) is 0 Å². The Morgan fingerprint density at radius 3 is 2.00 bits per heavy atom. The first kappa shape index (κ1) is 16.1. The summed E-state index contributed by atoms with van der Waals surface area (Å²) >= 11 is 0. The Bertz CT molecular complexity index is 157. The van der Waals surface area contributed by atoms with Crippen molar-refractivity contribution in [2.75, 3.05) is 21.3 Å². The number of hydrogen-bond acceptors (Lipinski definition) is 4. The molecular weight excluding hydrogens is 222 g/mol. The lowest BCUT2D eigenvalue weighted by Gasteiger charge is -2.25. The summed E-state index contributed by atoms with van der Waals surface area (Å²) in [7, 11) is 2.51. The van der Waals surface area contributed by atoms with Crippen molar-refractivity contribution in [2.24, 2.45) is 5.73 Å². The summed E-state index contributed by atoms with van der Waals surface area (Å²) in [5.74, 6) is 0. The van der Waals surface area contributed by atoms with E-state index in [1.54, 1.807) is 21.3 Å². The molecule has 98 valence electrons. The average Bonchev–Trinajstić information content (AvgIpc) is 2.32. The van der Waals surface area contributed by atoms with E-state index in [9.17, 15) is 0 Å². The summed E-state index contributed by atoms with van der Waals surface area (Å²) in [4.78, 5) is 0. The summed E-state index contributed by atoms with van der Waals surface area (Å²) < 4.78 is 16.1. The Hall–Kier alpha value is 0.0569. The molecule has 0 fully saturated rings. The van der Waals surface area contributed by atoms with E-state index in [1.165, 1.54) is 19.3 Å². The highest BCUT2D eigenvalue weighted by atomic mass is 28.4. The molecule has 0 radical (unpaired) electrons. The summed E-state index contributed by atoms with van der Waals surface area (Å²) in [6.45, 7) is 2.20. The van der Waals surface area contributed by atoms with Crippen molar-refractivity contribution < 1.29 is 13.3 Å². The van der Waals surface area contributed by atoms with Crippen LogP contribution in [-0.2, 0) is 13.3 Å². The third kappa shape index (κ3) is 5.96. The van der Waals surface area contributed by atoms with Crippen LogP contribution in [0.1, 0.15) is 39.0 Å². The number of hydrogen-bond donors (Lipinski definition) is 1. The third-order valence-electron chi connectivity index (χ3n) is 2.93. The van der Waals surface area contributed by atoms with Crippen LogP contribution < -0.4 is 5.73 Å². The standard InChI is InChI=1S/C11H27NO3Si/c1-5-6-7-8-11(12)9-10-16(13-2,14-3)15-4/h11H,5-10,12H2,1-4H3. The minimum atomic E-state index is -2.41. The van der Waals surface area contributed by atoms with Crippen LogP contribution in [0.25, 0.3) is 0 Å². The molecule has 0 amide bonds. The van der Waals surface area contributed by atoms with Gasteiger partial charge in [0, 0.05) is 33.4 Å². The summed E-state index contributed by atoms with van der Waals surface area (Å²) in [5, 5.41) is 0. The highest BCUT2D eigenvalue weighted by Crippen LogP contribution is 2.17. The van der Waals surface area contributed by atoms with Gasteiger partial charge in [-0.05, 0) is 12.8 Å². The van der Waals surface area contributed by atoms with Gasteiger partial charge in [0.05, 0.1) is 0 Å². The van der Waals surface area contributed by atoms with E-state index in [0.717, 1.165) is 18.9 Å². The van der Waals surface area contributed by atoms with Crippen molar-refractivity contribution in [1.29, 1.82) is 0 Å². The van der Waals surface area contributed by atoms with Gasteiger partial charge in [-0.3, -0.25) is 0 Å². The van der Waals surface area contributed by atoms with E-state index >= 15 is 0 Å². The van der Waals surface area contributed by atoms with E-state index in [2.05, 4.69) is 6.92 Å². The van der Waals surface area contributed by atoms with Crippen LogP contribution in [0.2, 0.25) is 6.04 Å². The van der Waals surface area contributed by atoms with Crippen molar-refractivity contribution in [1.82, 2.24) is 0 Å². The molecule has 0 spiro atoms. The lowest BCUT2D eigenvalue weighted by Crippen LogP contribution is -2.43. The summed E-state index contributed by atoms with van der Waals surface area (Å²) in [5.41, 5.74) is 6.04. The second kappa shape index (κ2) is 9.12. The second-order valence-corrected chi connectivity index (χ2v) is 7.18. The molecule has 0 aliphatic carbocycles. The van der Waals surface area contributed by atoms with Gasteiger partial charge in [0.1, 0.15) is 0 Å². The fourth-order valence-corrected chi connectivity index (χ4v) is 3.56. The normalized spacial score (nSPS) is 14.1. The molecule has 5 heteroatoms. The van der Waals surface area contributed by atoms with Crippen LogP contribution in [0.5, 0.6) is 0 Å². The van der Waals surface area contributed by atoms with E-state index in [-0.39, 0.29) is 6.04 Å². The van der Waals surface area contributed by atoms with Gasteiger partial charge in [-0.25, -0.2) is 0 Å². The quantitative estimate of drug-likeness (QED) is 0.476. The molecule has 0 aliphatic heterocycles. The molecule has 0 saturated heterocycles. The second-order valence-electron chi connectivity index (χ2n) is 4.09. The molecule has 0 aromatic carbocycles. The fraction of sp³-hybridized carbons (Fsp3) is 1.00. The molecule has 0 saturated carbocycles. The Labute approximate surface area is 101 Å². The van der Waals surface area contributed by atoms with E-state index in [4.69, 9.17) is 19.0 Å². The van der Waals surface area contributed by atoms with Gasteiger partial charge in [0.25, 0.3) is 0 Å². The lowest BCUT2D eigenvalue weighted by molar-refractivity contribution is 0.122. The predicted octanol–water partition coefficient (Wildman–Crippen LogP) is 2.16. The van der Waals surface area contributed by atoms with Crippen LogP contribution in [0.3, 0.4) is 0 Å². The summed E-state index contributed by atoms with van der Waals surface area (Å²) in [6.07, 6.45) is 5.69. The van der Waals surface area contributed by atoms with Crippen molar-refractivity contribution in [3.63, 3.8) is 0 Å². The Morgan fingerprint density at radius 1 is 1.00 bits per heavy atom. The van der Waals surface area contributed by atoms with Gasteiger partial charge in [0.2, 0.25) is 0 Å². The molecule has 16 heavy (non-hydrogen) atoms. The Balaban J connectivity index is 3.82. The van der Waals surface area contributed by atoms with Gasteiger partial charge in [-0.15, -0.1) is 0 Å². The molecule has 0 bridgehead atoms. The monoisotopic (exact) mass is 249 g/mol. The van der Waals surface area contributed by atoms with Crippen LogP contribution >= 0.6 is 0 Å². The zero-order valence-electron chi connectivity index (χ0n) is 11.1. The van der Waals surface area contributed by atoms with E-state index < -0.39 is 8.80 Å². The first-order valence-corrected chi connectivity index (χ1v) is 7.98. The topological polar surface area (TPSA) is 53.7 Å². The van der Waals surface area contributed by atoms with Crippen molar-refractivity contribution in [2.45, 2.75) is 51.1 Å². The molecule has 4 nitrogen and oxygen atoms in total. The maximum absolute atomic E-state index is 6.04. The Kier molecular flexibility index (Phi) is 9.16. The number of rotatable bonds is 10. The predicted molar refractivity (Wildman–Crippen MR) is 68.3 cm³/mol. The molecule has 1 atom stereocenters. The summed E-state index contributed by atoms with van der Waals surface area (Å²) in [6, 6.07) is 1.03. The van der Waals surface area contributed by atoms with Crippen molar-refractivity contribution in [3.05, 3.63) is 0 Å². The lowest BCUT2D eigenvalue weighted by atomic mass is 10.1. The number of nitrogens with two attached hydrogens (primary N) is 1. The molecule has 0 aromatic heterocycles. The van der Waals surface area contributed by atoms with Gasteiger partial charge in [-0.2, -0.15) is 0 Å². The van der Waals surface area contributed by atoms with Gasteiger partial charge in [-0.1, -0.05) is 26.2 Å². The Morgan fingerprint density at radius 2 is 1.56 bits per heavy atom. The van der Waals surface area contributed by atoms with Gasteiger partial charge < -0.3 is 19.0 Å². The minimum absolute atomic E-state index is 0.235. The molecule has 1 unspecified atom stereocenters. The largest absolute Gasteiger partial charge is 0.500 e. The van der Waals surface area contributed by atoms with Crippen molar-refractivity contribution in [3.8, 4) is 0 Å². The van der Waals surface area contributed by atoms with Gasteiger partial charge >= 0.3 is 8.80 Å². The highest BCUT2D eigenvalue weighted by Gasteiger charge is 2.37. The van der Waals surface area contributed by atoms with Crippen molar-refractivity contribution >= 4 is 8.80 Å². The minimum Gasteiger partial charge on any atom is -0.377 e. The molecule has 0 rings (SSSR count). The molecular formula is C11H27NO3Si. The zero-order chi connectivity index (χ0) is 12.4. The van der Waals surface area contributed by atoms with E-state index in [0.29, 0.717) is 0 Å². The molecule has 0 heterocycles. The van der Waals surface area contributed by atoms with Gasteiger partial charge in [0.15, 0.2) is 0 Å². The maximum Gasteiger partial charge on any atom is 0.500 e. The first-order valence-electron chi connectivity index (χ1n) is 6.05. The number of unbranched alkanes of at least 4 members (excludes halogenated alkanes) is 2. The van der Waals surface area contributed by atoms with Crippen LogP contribution in [0.4, 0.5) is 0 Å². The smallest absolute Gasteiger partial charge is 0.377 e. The SMILES string of the molecule is CCCCCC(N)CC[Si](OC)(OC)OC. The molecule has 0 aromatic rings. The molecule has 0 aliphatic rings. The maximum atomic E-state index is 6.04. The zero-order valence-corrected chi connectivity index (χ0v) is 12.1. The van der Waals surface area contributed by atoms with Crippen LogP contribution in [0, 0.1) is 0 Å². The first-order chi connectivity index (χ1) is 7.64. The van der Waals surface area contributed by atoms with Crippen LogP contribution in [0.15, 0.2) is 0 Å². The van der Waals surface area contributed by atoms with Crippen LogP contribution in [-0.4, -0.2) is 36.2 Å². The fourth-order valence-electron chi connectivity index (χ4n) is 1.72. The average molecular weight is 249 g/mol. The molecule has 2 N–H and O–H groups in total. The third-order valence-corrected chi connectivity index (χ3v) is 5.70.